The molecule has 0 radical (unpaired) electrons. The van der Waals surface area contributed by atoms with Gasteiger partial charge in [0.2, 0.25) is 0 Å². The van der Waals surface area contributed by atoms with Crippen LogP contribution in [0.25, 0.3) is 10.8 Å². The highest BCUT2D eigenvalue weighted by Gasteiger charge is 2.17. The fraction of sp³-hybridized carbons (Fsp3) is 0.280. The molecule has 3 aromatic rings. The number of esters is 2. The molecule has 150 valence electrons. The number of fused-ring (bicyclic) bond motifs is 1. The van der Waals surface area contributed by atoms with Gasteiger partial charge in [0.25, 0.3) is 0 Å². The zero-order valence-electron chi connectivity index (χ0n) is 16.9. The van der Waals surface area contributed by atoms with E-state index in [2.05, 4.69) is 6.92 Å². The second-order valence-electron chi connectivity index (χ2n) is 6.94. The summed E-state index contributed by atoms with van der Waals surface area (Å²) in [7, 11) is 0. The molecule has 29 heavy (non-hydrogen) atoms. The molecular formula is C25H26O4. The molecule has 0 heterocycles. The minimum atomic E-state index is -0.438. The lowest BCUT2D eigenvalue weighted by Gasteiger charge is -2.13. The first-order chi connectivity index (χ1) is 14.1. The molecule has 3 aromatic carbocycles. The minimum absolute atomic E-state index is 0.0494. The fourth-order valence-electron chi connectivity index (χ4n) is 3.30. The van der Waals surface area contributed by atoms with Crippen LogP contribution in [0.1, 0.15) is 48.2 Å². The number of benzene rings is 3. The summed E-state index contributed by atoms with van der Waals surface area (Å²) in [4.78, 5) is 24.8. The summed E-state index contributed by atoms with van der Waals surface area (Å²) in [6, 6.07) is 18.9. The van der Waals surface area contributed by atoms with Crippen LogP contribution >= 0.6 is 0 Å². The van der Waals surface area contributed by atoms with Gasteiger partial charge >= 0.3 is 11.9 Å². The Hall–Kier alpha value is -3.14. The monoisotopic (exact) mass is 390 g/mol. The van der Waals surface area contributed by atoms with Crippen molar-refractivity contribution in [2.24, 2.45) is 0 Å². The minimum Gasteiger partial charge on any atom is -0.466 e. The van der Waals surface area contributed by atoms with Gasteiger partial charge in [-0.15, -0.1) is 0 Å². The van der Waals surface area contributed by atoms with E-state index in [1.165, 1.54) is 5.56 Å². The van der Waals surface area contributed by atoms with Crippen molar-refractivity contribution in [3.05, 3.63) is 77.4 Å². The highest BCUT2D eigenvalue weighted by molar-refractivity contribution is 5.95. The second kappa shape index (κ2) is 9.87. The lowest BCUT2D eigenvalue weighted by Crippen LogP contribution is -2.13. The van der Waals surface area contributed by atoms with Crippen LogP contribution < -0.4 is 4.74 Å². The molecule has 0 bridgehead atoms. The van der Waals surface area contributed by atoms with Gasteiger partial charge in [-0.25, -0.2) is 4.79 Å². The molecule has 0 fully saturated rings. The summed E-state index contributed by atoms with van der Waals surface area (Å²) in [5.41, 5.74) is 2.35. The van der Waals surface area contributed by atoms with Gasteiger partial charge in [0.05, 0.1) is 18.6 Å². The predicted octanol–water partition coefficient (Wildman–Crippen LogP) is 5.51. The van der Waals surface area contributed by atoms with E-state index in [1.54, 1.807) is 25.1 Å². The van der Waals surface area contributed by atoms with Crippen molar-refractivity contribution in [3.63, 3.8) is 0 Å². The Morgan fingerprint density at radius 1 is 0.897 bits per heavy atom. The van der Waals surface area contributed by atoms with E-state index in [0.29, 0.717) is 23.5 Å². The van der Waals surface area contributed by atoms with E-state index in [9.17, 15) is 9.59 Å². The van der Waals surface area contributed by atoms with E-state index in [-0.39, 0.29) is 12.4 Å². The topological polar surface area (TPSA) is 52.6 Å². The van der Waals surface area contributed by atoms with Crippen LogP contribution in [-0.4, -0.2) is 18.5 Å². The van der Waals surface area contributed by atoms with Crippen molar-refractivity contribution in [1.82, 2.24) is 0 Å². The van der Waals surface area contributed by atoms with Crippen molar-refractivity contribution < 1.29 is 19.1 Å². The second-order valence-corrected chi connectivity index (χ2v) is 6.94. The van der Waals surface area contributed by atoms with E-state index in [0.717, 1.165) is 30.0 Å². The third kappa shape index (κ3) is 5.23. The van der Waals surface area contributed by atoms with Gasteiger partial charge in [-0.1, -0.05) is 55.8 Å². The zero-order chi connectivity index (χ0) is 20.6. The SMILES string of the molecule is CCCCc1ccc(C(=O)Oc2ccc3ccccc3c2CC(=O)OCC)cc1. The first-order valence-corrected chi connectivity index (χ1v) is 10.1. The van der Waals surface area contributed by atoms with Crippen molar-refractivity contribution in [1.29, 1.82) is 0 Å². The molecule has 4 nitrogen and oxygen atoms in total. The van der Waals surface area contributed by atoms with Crippen LogP contribution in [0.2, 0.25) is 0 Å². The molecule has 0 spiro atoms. The Labute approximate surface area is 171 Å². The zero-order valence-corrected chi connectivity index (χ0v) is 16.9. The average Bonchev–Trinajstić information content (AvgIpc) is 2.74. The number of carbonyl (C=O) groups excluding carboxylic acids is 2. The van der Waals surface area contributed by atoms with E-state index < -0.39 is 5.97 Å². The van der Waals surface area contributed by atoms with Crippen LogP contribution in [0.5, 0.6) is 5.75 Å². The Kier molecular flexibility index (Phi) is 7.01. The highest BCUT2D eigenvalue weighted by Crippen LogP contribution is 2.29. The third-order valence-electron chi connectivity index (χ3n) is 4.84. The molecule has 0 unspecified atom stereocenters. The Balaban J connectivity index is 1.86. The molecule has 0 saturated carbocycles. The number of carbonyl (C=O) groups is 2. The molecule has 0 amide bonds. The number of aryl methyl sites for hydroxylation is 1. The summed E-state index contributed by atoms with van der Waals surface area (Å²) >= 11 is 0. The lowest BCUT2D eigenvalue weighted by molar-refractivity contribution is -0.142. The van der Waals surface area contributed by atoms with Crippen LogP contribution in [0.3, 0.4) is 0 Å². The molecule has 0 aliphatic carbocycles. The first-order valence-electron chi connectivity index (χ1n) is 10.1. The molecule has 0 aliphatic heterocycles. The molecule has 4 heteroatoms. The van der Waals surface area contributed by atoms with E-state index in [1.807, 2.05) is 42.5 Å². The van der Waals surface area contributed by atoms with E-state index >= 15 is 0 Å². The maximum Gasteiger partial charge on any atom is 0.343 e. The number of unbranched alkanes of at least 4 members (excludes halogenated alkanes) is 1. The smallest absolute Gasteiger partial charge is 0.343 e. The van der Waals surface area contributed by atoms with Gasteiger partial charge in [0, 0.05) is 5.56 Å². The van der Waals surface area contributed by atoms with Crippen LogP contribution in [0.15, 0.2) is 60.7 Å². The van der Waals surface area contributed by atoms with Gasteiger partial charge in [-0.05, 0) is 54.3 Å². The van der Waals surface area contributed by atoms with Gasteiger partial charge < -0.3 is 9.47 Å². The van der Waals surface area contributed by atoms with Crippen LogP contribution in [-0.2, 0) is 22.4 Å². The molecule has 0 atom stereocenters. The predicted molar refractivity (Wildman–Crippen MR) is 114 cm³/mol. The Morgan fingerprint density at radius 2 is 1.66 bits per heavy atom. The summed E-state index contributed by atoms with van der Waals surface area (Å²) in [5, 5.41) is 1.85. The van der Waals surface area contributed by atoms with Gasteiger partial charge in [-0.2, -0.15) is 0 Å². The molecular weight excluding hydrogens is 364 g/mol. The first kappa shape index (κ1) is 20.6. The largest absolute Gasteiger partial charge is 0.466 e. The fourth-order valence-corrected chi connectivity index (χ4v) is 3.30. The van der Waals surface area contributed by atoms with Crippen molar-refractivity contribution >= 4 is 22.7 Å². The van der Waals surface area contributed by atoms with Crippen molar-refractivity contribution in [2.45, 2.75) is 39.5 Å². The molecule has 0 aliphatic rings. The van der Waals surface area contributed by atoms with Crippen LogP contribution in [0, 0.1) is 0 Å². The van der Waals surface area contributed by atoms with Gasteiger partial charge in [0.15, 0.2) is 0 Å². The summed E-state index contributed by atoms with van der Waals surface area (Å²) in [6.07, 6.45) is 3.31. The summed E-state index contributed by atoms with van der Waals surface area (Å²) < 4.78 is 10.8. The molecule has 0 aromatic heterocycles. The average molecular weight is 390 g/mol. The quantitative estimate of drug-likeness (QED) is 0.376. The van der Waals surface area contributed by atoms with Crippen molar-refractivity contribution in [2.75, 3.05) is 6.61 Å². The number of hydrogen-bond acceptors (Lipinski definition) is 4. The van der Waals surface area contributed by atoms with Crippen LogP contribution in [0.4, 0.5) is 0 Å². The van der Waals surface area contributed by atoms with Crippen molar-refractivity contribution in [3.8, 4) is 5.75 Å². The lowest BCUT2D eigenvalue weighted by atomic mass is 10.0. The molecule has 0 saturated heterocycles. The highest BCUT2D eigenvalue weighted by atomic mass is 16.5. The maximum atomic E-state index is 12.7. The molecule has 3 rings (SSSR count). The van der Waals surface area contributed by atoms with E-state index in [4.69, 9.17) is 9.47 Å². The Bertz CT molecular complexity index is 989. The standard InChI is InChI=1S/C25H26O4/c1-3-5-8-18-11-13-20(14-12-18)25(27)29-23-16-15-19-9-6-7-10-21(19)22(23)17-24(26)28-4-2/h6-7,9-16H,3-5,8,17H2,1-2H3. The third-order valence-corrected chi connectivity index (χ3v) is 4.84. The number of rotatable bonds is 8. The normalized spacial score (nSPS) is 10.7. The summed E-state index contributed by atoms with van der Waals surface area (Å²) in [6.45, 7) is 4.23. The number of ether oxygens (including phenoxy) is 2. The van der Waals surface area contributed by atoms with Gasteiger partial charge in [-0.3, -0.25) is 4.79 Å². The van der Waals surface area contributed by atoms with Gasteiger partial charge in [0.1, 0.15) is 5.75 Å². The maximum absolute atomic E-state index is 12.7. The molecule has 0 N–H and O–H groups in total. The number of hydrogen-bond donors (Lipinski definition) is 0. The Morgan fingerprint density at radius 3 is 2.38 bits per heavy atom. The summed E-state index contributed by atoms with van der Waals surface area (Å²) in [5.74, 6) is -0.398.